The van der Waals surface area contributed by atoms with Crippen LogP contribution in [0, 0.1) is 0 Å². The van der Waals surface area contributed by atoms with E-state index in [1.54, 1.807) is 4.90 Å². The molecule has 7 heteroatoms. The van der Waals surface area contributed by atoms with Crippen LogP contribution in [0.3, 0.4) is 0 Å². The van der Waals surface area contributed by atoms with Crippen molar-refractivity contribution < 1.29 is 9.53 Å². The third-order valence-electron chi connectivity index (χ3n) is 4.12. The number of rotatable bonds is 3. The van der Waals surface area contributed by atoms with Gasteiger partial charge in [-0.3, -0.25) is 4.79 Å². The molecule has 122 valence electrons. The molecule has 3 heterocycles. The first-order valence-corrected chi connectivity index (χ1v) is 7.78. The second kappa shape index (κ2) is 5.84. The first-order chi connectivity index (χ1) is 11.7. The van der Waals surface area contributed by atoms with Crippen molar-refractivity contribution in [2.75, 3.05) is 13.1 Å². The number of fused-ring (bicyclic) bond motifs is 1. The topological polar surface area (TPSA) is 91.1 Å². The number of aromatic nitrogens is 3. The minimum absolute atomic E-state index is 0.103. The molecule has 2 N–H and O–H groups in total. The van der Waals surface area contributed by atoms with Gasteiger partial charge in [0.1, 0.15) is 11.8 Å². The van der Waals surface area contributed by atoms with Crippen molar-refractivity contribution in [3.63, 3.8) is 0 Å². The highest BCUT2D eigenvalue weighted by molar-refractivity contribution is 5.92. The molecule has 0 radical (unpaired) electrons. The predicted molar refractivity (Wildman–Crippen MR) is 88.1 cm³/mol. The average molecular weight is 324 g/mol. The second-order valence-corrected chi connectivity index (χ2v) is 5.78. The van der Waals surface area contributed by atoms with E-state index in [4.69, 9.17) is 4.74 Å². The normalized spacial score (nSPS) is 17.3. The van der Waals surface area contributed by atoms with Gasteiger partial charge >= 0.3 is 5.69 Å². The van der Waals surface area contributed by atoms with E-state index in [-0.39, 0.29) is 23.4 Å². The van der Waals surface area contributed by atoms with E-state index in [1.165, 1.54) is 6.20 Å². The van der Waals surface area contributed by atoms with Gasteiger partial charge in [0.15, 0.2) is 0 Å². The van der Waals surface area contributed by atoms with Crippen LogP contribution in [0.25, 0.3) is 10.9 Å². The number of benzene rings is 1. The number of para-hydroxylation sites is 1. The summed E-state index contributed by atoms with van der Waals surface area (Å²) < 4.78 is 5.92. The van der Waals surface area contributed by atoms with Crippen molar-refractivity contribution in [2.45, 2.75) is 12.5 Å². The Labute approximate surface area is 137 Å². The van der Waals surface area contributed by atoms with Crippen LogP contribution in [0.1, 0.15) is 16.9 Å². The van der Waals surface area contributed by atoms with Gasteiger partial charge in [0, 0.05) is 30.6 Å². The van der Waals surface area contributed by atoms with Crippen molar-refractivity contribution in [1.82, 2.24) is 19.9 Å². The summed E-state index contributed by atoms with van der Waals surface area (Å²) in [7, 11) is 0. The lowest BCUT2D eigenvalue weighted by Gasteiger charge is -2.16. The summed E-state index contributed by atoms with van der Waals surface area (Å²) in [5, 5.41) is 1.06. The number of ether oxygens (including phenoxy) is 1. The molecule has 1 atom stereocenters. The Morgan fingerprint density at radius 3 is 2.96 bits per heavy atom. The zero-order valence-electron chi connectivity index (χ0n) is 12.9. The minimum atomic E-state index is -0.384. The molecule has 0 aliphatic carbocycles. The number of pyridine rings is 1. The number of hydrogen-bond donors (Lipinski definition) is 2. The van der Waals surface area contributed by atoms with E-state index < -0.39 is 0 Å². The van der Waals surface area contributed by atoms with Crippen LogP contribution in [0.2, 0.25) is 0 Å². The van der Waals surface area contributed by atoms with Crippen LogP contribution < -0.4 is 10.4 Å². The third-order valence-corrected chi connectivity index (χ3v) is 4.12. The lowest BCUT2D eigenvalue weighted by atomic mass is 10.2. The SMILES string of the molecule is O=C(c1c[nH]c(=O)[nH]1)N1CCC(Oc2ccc3ccccc3n2)C1. The maximum atomic E-state index is 12.3. The van der Waals surface area contributed by atoms with Gasteiger partial charge in [-0.1, -0.05) is 18.2 Å². The highest BCUT2D eigenvalue weighted by atomic mass is 16.5. The molecule has 1 aliphatic heterocycles. The summed E-state index contributed by atoms with van der Waals surface area (Å²) in [6.07, 6.45) is 2.02. The van der Waals surface area contributed by atoms with E-state index in [2.05, 4.69) is 15.0 Å². The summed E-state index contributed by atoms with van der Waals surface area (Å²) in [5.74, 6) is 0.356. The molecule has 7 nitrogen and oxygen atoms in total. The molecule has 24 heavy (non-hydrogen) atoms. The van der Waals surface area contributed by atoms with Gasteiger partial charge in [-0.15, -0.1) is 0 Å². The number of carbonyl (C=O) groups excluding carboxylic acids is 1. The fourth-order valence-corrected chi connectivity index (χ4v) is 2.91. The Morgan fingerprint density at radius 1 is 1.25 bits per heavy atom. The van der Waals surface area contributed by atoms with E-state index >= 15 is 0 Å². The van der Waals surface area contributed by atoms with Crippen LogP contribution in [0.4, 0.5) is 0 Å². The molecule has 1 amide bonds. The Bertz CT molecular complexity index is 946. The molecule has 4 rings (SSSR count). The highest BCUT2D eigenvalue weighted by Gasteiger charge is 2.29. The molecular formula is C17H16N4O3. The van der Waals surface area contributed by atoms with Gasteiger partial charge < -0.3 is 19.6 Å². The molecule has 3 aromatic rings. The van der Waals surface area contributed by atoms with Gasteiger partial charge in [0.05, 0.1) is 12.1 Å². The lowest BCUT2D eigenvalue weighted by molar-refractivity contribution is 0.0766. The number of imidazole rings is 1. The summed E-state index contributed by atoms with van der Waals surface area (Å²) in [5.41, 5.74) is 0.765. The highest BCUT2D eigenvalue weighted by Crippen LogP contribution is 2.21. The van der Waals surface area contributed by atoms with E-state index in [0.717, 1.165) is 17.3 Å². The maximum Gasteiger partial charge on any atom is 0.323 e. The molecule has 1 fully saturated rings. The van der Waals surface area contributed by atoms with Gasteiger partial charge in [-0.2, -0.15) is 0 Å². The predicted octanol–water partition coefficient (Wildman–Crippen LogP) is 1.54. The molecule has 1 aromatic carbocycles. The molecule has 1 aliphatic rings. The number of likely N-dealkylation sites (tertiary alicyclic amines) is 1. The zero-order valence-corrected chi connectivity index (χ0v) is 12.9. The van der Waals surface area contributed by atoms with Crippen molar-refractivity contribution in [1.29, 1.82) is 0 Å². The number of aromatic amines is 2. The molecule has 0 spiro atoms. The fourth-order valence-electron chi connectivity index (χ4n) is 2.91. The second-order valence-electron chi connectivity index (χ2n) is 5.78. The standard InChI is InChI=1S/C17H16N4O3/c22-16(14-9-18-17(23)20-14)21-8-7-12(10-21)24-15-6-5-11-3-1-2-4-13(11)19-15/h1-6,9,12H,7-8,10H2,(H2,18,20,23). The zero-order chi connectivity index (χ0) is 16.5. The maximum absolute atomic E-state index is 12.3. The summed E-state index contributed by atoms with van der Waals surface area (Å²) >= 11 is 0. The van der Waals surface area contributed by atoms with E-state index in [1.807, 2.05) is 36.4 Å². The van der Waals surface area contributed by atoms with Crippen molar-refractivity contribution in [2.24, 2.45) is 0 Å². The number of nitrogens with one attached hydrogen (secondary N) is 2. The van der Waals surface area contributed by atoms with Crippen LogP contribution in [-0.4, -0.2) is 45.0 Å². The summed E-state index contributed by atoms with van der Waals surface area (Å²) in [6, 6.07) is 11.7. The molecular weight excluding hydrogens is 308 g/mol. The molecule has 0 saturated carbocycles. The van der Waals surface area contributed by atoms with Crippen molar-refractivity contribution >= 4 is 16.8 Å². The smallest absolute Gasteiger partial charge is 0.323 e. The molecule has 0 bridgehead atoms. The van der Waals surface area contributed by atoms with Gasteiger partial charge in [0.25, 0.3) is 5.91 Å². The number of nitrogens with zero attached hydrogens (tertiary/aromatic N) is 2. The van der Waals surface area contributed by atoms with Crippen LogP contribution in [-0.2, 0) is 0 Å². The first-order valence-electron chi connectivity index (χ1n) is 7.78. The quantitative estimate of drug-likeness (QED) is 0.764. The number of H-pyrrole nitrogens is 2. The van der Waals surface area contributed by atoms with E-state index in [9.17, 15) is 9.59 Å². The van der Waals surface area contributed by atoms with Crippen LogP contribution in [0.15, 0.2) is 47.4 Å². The van der Waals surface area contributed by atoms with Crippen LogP contribution >= 0.6 is 0 Å². The Kier molecular flexibility index (Phi) is 3.53. The number of hydrogen-bond acceptors (Lipinski definition) is 4. The van der Waals surface area contributed by atoms with Gasteiger partial charge in [0.2, 0.25) is 5.88 Å². The monoisotopic (exact) mass is 324 g/mol. The number of carbonyl (C=O) groups is 1. The molecule has 1 unspecified atom stereocenters. The number of amides is 1. The lowest BCUT2D eigenvalue weighted by Crippen LogP contribution is -2.31. The minimum Gasteiger partial charge on any atom is -0.472 e. The van der Waals surface area contributed by atoms with Gasteiger partial charge in [-0.05, 0) is 12.1 Å². The van der Waals surface area contributed by atoms with Crippen molar-refractivity contribution in [3.8, 4) is 5.88 Å². The molecule has 1 saturated heterocycles. The first kappa shape index (κ1) is 14.5. The van der Waals surface area contributed by atoms with Crippen molar-refractivity contribution in [3.05, 3.63) is 58.8 Å². The van der Waals surface area contributed by atoms with E-state index in [0.29, 0.717) is 19.0 Å². The Morgan fingerprint density at radius 2 is 2.12 bits per heavy atom. The summed E-state index contributed by atoms with van der Waals surface area (Å²) in [4.78, 5) is 34.5. The Hall–Kier alpha value is -3.09. The summed E-state index contributed by atoms with van der Waals surface area (Å²) in [6.45, 7) is 1.06. The van der Waals surface area contributed by atoms with Gasteiger partial charge in [-0.25, -0.2) is 9.78 Å². The molecule has 2 aromatic heterocycles. The largest absolute Gasteiger partial charge is 0.472 e. The Balaban J connectivity index is 1.44. The average Bonchev–Trinajstić information content (AvgIpc) is 3.23. The van der Waals surface area contributed by atoms with Crippen LogP contribution in [0.5, 0.6) is 5.88 Å². The fraction of sp³-hybridized carbons (Fsp3) is 0.235. The third kappa shape index (κ3) is 2.76.